The van der Waals surface area contributed by atoms with Gasteiger partial charge in [-0.05, 0) is 31.0 Å². The Labute approximate surface area is 125 Å². The topological polar surface area (TPSA) is 24.5 Å². The highest BCUT2D eigenvalue weighted by Crippen LogP contribution is 2.37. The molecule has 1 aromatic rings. The predicted octanol–water partition coefficient (Wildman–Crippen LogP) is 2.35. The van der Waals surface area contributed by atoms with Gasteiger partial charge in [0.15, 0.2) is 0 Å². The summed E-state index contributed by atoms with van der Waals surface area (Å²) in [4.78, 5) is 2.64. The lowest BCUT2D eigenvalue weighted by Crippen LogP contribution is -2.61. The molecular weight excluding hydrogens is 267 g/mol. The number of rotatable bonds is 2. The summed E-state index contributed by atoms with van der Waals surface area (Å²) >= 11 is 0. The number of fused-ring (bicyclic) bond motifs is 1. The van der Waals surface area contributed by atoms with Crippen molar-refractivity contribution in [3.8, 4) is 5.75 Å². The van der Waals surface area contributed by atoms with Gasteiger partial charge in [0, 0.05) is 43.7 Å². The fourth-order valence-electron chi connectivity index (χ4n) is 4.33. The van der Waals surface area contributed by atoms with Crippen molar-refractivity contribution >= 4 is 0 Å². The van der Waals surface area contributed by atoms with Crippen LogP contribution in [0.3, 0.4) is 0 Å². The van der Waals surface area contributed by atoms with Crippen LogP contribution in [0.25, 0.3) is 0 Å². The van der Waals surface area contributed by atoms with E-state index >= 15 is 0 Å². The zero-order valence-corrected chi connectivity index (χ0v) is 12.4. The summed E-state index contributed by atoms with van der Waals surface area (Å²) in [6.07, 6.45) is 6.30. The molecule has 4 rings (SSSR count). The van der Waals surface area contributed by atoms with Gasteiger partial charge in [-0.25, -0.2) is 4.39 Å². The Morgan fingerprint density at radius 2 is 2.19 bits per heavy atom. The van der Waals surface area contributed by atoms with Crippen molar-refractivity contribution < 1.29 is 9.13 Å². The van der Waals surface area contributed by atoms with Crippen LogP contribution < -0.4 is 10.1 Å². The third kappa shape index (κ3) is 2.44. The minimum absolute atomic E-state index is 0.160. The molecule has 1 saturated carbocycles. The van der Waals surface area contributed by atoms with Crippen LogP contribution in [0.1, 0.15) is 31.2 Å². The van der Waals surface area contributed by atoms with Gasteiger partial charge >= 0.3 is 0 Å². The number of benzene rings is 1. The molecule has 0 bridgehead atoms. The van der Waals surface area contributed by atoms with Crippen molar-refractivity contribution in [3.63, 3.8) is 0 Å². The molecule has 21 heavy (non-hydrogen) atoms. The molecule has 0 aromatic heterocycles. The van der Waals surface area contributed by atoms with E-state index in [1.165, 1.54) is 31.7 Å². The van der Waals surface area contributed by atoms with Crippen LogP contribution in [0.5, 0.6) is 5.75 Å². The highest BCUT2D eigenvalue weighted by atomic mass is 19.1. The van der Waals surface area contributed by atoms with E-state index in [0.29, 0.717) is 5.54 Å². The average Bonchev–Trinajstić information content (AvgIpc) is 3.08. The minimum Gasteiger partial charge on any atom is -0.488 e. The second-order valence-electron chi connectivity index (χ2n) is 6.75. The molecule has 0 amide bonds. The summed E-state index contributed by atoms with van der Waals surface area (Å²) in [5.74, 6) is 0.712. The fraction of sp³-hybridized carbons (Fsp3) is 0.647. The summed E-state index contributed by atoms with van der Waals surface area (Å²) in [5, 5.41) is 3.56. The van der Waals surface area contributed by atoms with Crippen molar-refractivity contribution in [2.45, 2.75) is 43.7 Å². The molecule has 1 unspecified atom stereocenters. The summed E-state index contributed by atoms with van der Waals surface area (Å²) in [5.41, 5.74) is 1.37. The Hall–Kier alpha value is -1.13. The maximum Gasteiger partial charge on any atom is 0.123 e. The molecule has 1 N–H and O–H groups in total. The first-order valence-corrected chi connectivity index (χ1v) is 8.16. The summed E-state index contributed by atoms with van der Waals surface area (Å²) < 4.78 is 19.4. The highest BCUT2D eigenvalue weighted by molar-refractivity contribution is 5.38. The summed E-state index contributed by atoms with van der Waals surface area (Å²) in [6, 6.07) is 4.89. The maximum absolute atomic E-state index is 13.3. The Morgan fingerprint density at radius 1 is 1.33 bits per heavy atom. The van der Waals surface area contributed by atoms with Crippen LogP contribution in [-0.4, -0.2) is 42.7 Å². The first kappa shape index (κ1) is 13.5. The lowest BCUT2D eigenvalue weighted by molar-refractivity contribution is 0.0317. The van der Waals surface area contributed by atoms with Gasteiger partial charge in [0.1, 0.15) is 17.7 Å². The van der Waals surface area contributed by atoms with Crippen molar-refractivity contribution in [2.75, 3.05) is 26.2 Å². The number of piperazine rings is 1. The van der Waals surface area contributed by atoms with E-state index < -0.39 is 0 Å². The first-order chi connectivity index (χ1) is 10.3. The maximum atomic E-state index is 13.3. The first-order valence-electron chi connectivity index (χ1n) is 8.16. The van der Waals surface area contributed by atoms with E-state index in [9.17, 15) is 4.39 Å². The second-order valence-corrected chi connectivity index (χ2v) is 6.75. The number of hydrogen-bond acceptors (Lipinski definition) is 3. The van der Waals surface area contributed by atoms with E-state index in [-0.39, 0.29) is 11.9 Å². The van der Waals surface area contributed by atoms with Gasteiger partial charge in [-0.1, -0.05) is 12.8 Å². The van der Waals surface area contributed by atoms with E-state index in [2.05, 4.69) is 10.2 Å². The van der Waals surface area contributed by atoms with Crippen molar-refractivity contribution in [1.29, 1.82) is 0 Å². The molecule has 2 heterocycles. The van der Waals surface area contributed by atoms with E-state index in [4.69, 9.17) is 4.74 Å². The molecule has 1 saturated heterocycles. The largest absolute Gasteiger partial charge is 0.488 e. The van der Waals surface area contributed by atoms with E-state index in [1.807, 2.05) is 0 Å². The van der Waals surface area contributed by atoms with Crippen molar-refractivity contribution in [2.24, 2.45) is 0 Å². The van der Waals surface area contributed by atoms with Gasteiger partial charge in [-0.15, -0.1) is 0 Å². The van der Waals surface area contributed by atoms with Gasteiger partial charge in [-0.3, -0.25) is 4.90 Å². The van der Waals surface area contributed by atoms with Crippen LogP contribution in [0.4, 0.5) is 4.39 Å². The number of halogens is 1. The molecule has 114 valence electrons. The average molecular weight is 290 g/mol. The smallest absolute Gasteiger partial charge is 0.123 e. The third-order valence-electron chi connectivity index (χ3n) is 5.41. The molecule has 3 nitrogen and oxygen atoms in total. The number of nitrogens with zero attached hydrogens (tertiary/aromatic N) is 1. The summed E-state index contributed by atoms with van der Waals surface area (Å²) in [6.45, 7) is 4.25. The molecule has 2 aliphatic heterocycles. The van der Waals surface area contributed by atoms with Gasteiger partial charge in [0.25, 0.3) is 0 Å². The van der Waals surface area contributed by atoms with Gasteiger partial charge in [0.05, 0.1) is 0 Å². The van der Waals surface area contributed by atoms with Gasteiger partial charge < -0.3 is 10.1 Å². The zero-order chi connectivity index (χ0) is 14.3. The van der Waals surface area contributed by atoms with Crippen LogP contribution in [0.15, 0.2) is 18.2 Å². The Bertz CT molecular complexity index is 528. The lowest BCUT2D eigenvalue weighted by Gasteiger charge is -2.46. The standard InChI is InChI=1S/C17H23FN2O/c18-14-3-4-16-13(9-14)10-15(21-16)11-20-8-7-19-12-17(20)5-1-2-6-17/h3-4,9,15,19H,1-2,5-8,10-12H2. The lowest BCUT2D eigenvalue weighted by atomic mass is 9.92. The Kier molecular flexibility index (Phi) is 3.38. The Balaban J connectivity index is 1.47. The molecule has 0 radical (unpaired) electrons. The predicted molar refractivity (Wildman–Crippen MR) is 80.2 cm³/mol. The number of hydrogen-bond donors (Lipinski definition) is 1. The monoisotopic (exact) mass is 290 g/mol. The SMILES string of the molecule is Fc1ccc2c(c1)CC(CN1CCNCC13CCCC3)O2. The highest BCUT2D eigenvalue weighted by Gasteiger charge is 2.42. The number of ether oxygens (including phenoxy) is 1. The number of nitrogens with one attached hydrogen (secondary N) is 1. The van der Waals surface area contributed by atoms with Crippen LogP contribution in [0.2, 0.25) is 0 Å². The normalized spacial score (nSPS) is 27.8. The molecule has 1 aromatic carbocycles. The van der Waals surface area contributed by atoms with E-state index in [0.717, 1.165) is 43.9 Å². The zero-order valence-electron chi connectivity index (χ0n) is 12.4. The van der Waals surface area contributed by atoms with Crippen LogP contribution in [-0.2, 0) is 6.42 Å². The molecule has 2 fully saturated rings. The molecule has 1 atom stereocenters. The van der Waals surface area contributed by atoms with E-state index in [1.54, 1.807) is 12.1 Å². The van der Waals surface area contributed by atoms with Crippen molar-refractivity contribution in [3.05, 3.63) is 29.6 Å². The minimum atomic E-state index is -0.160. The van der Waals surface area contributed by atoms with Crippen LogP contribution >= 0.6 is 0 Å². The fourth-order valence-corrected chi connectivity index (χ4v) is 4.33. The molecule has 1 aliphatic carbocycles. The molecule has 3 aliphatic rings. The van der Waals surface area contributed by atoms with Gasteiger partial charge in [-0.2, -0.15) is 0 Å². The van der Waals surface area contributed by atoms with Crippen LogP contribution in [0, 0.1) is 5.82 Å². The second kappa shape index (κ2) is 5.25. The molecule has 4 heteroatoms. The molecule has 1 spiro atoms. The third-order valence-corrected chi connectivity index (χ3v) is 5.41. The molecular formula is C17H23FN2O. The quantitative estimate of drug-likeness (QED) is 0.905. The van der Waals surface area contributed by atoms with Crippen molar-refractivity contribution in [1.82, 2.24) is 10.2 Å². The summed E-state index contributed by atoms with van der Waals surface area (Å²) in [7, 11) is 0. The Morgan fingerprint density at radius 3 is 3.05 bits per heavy atom. The van der Waals surface area contributed by atoms with Gasteiger partial charge in [0.2, 0.25) is 0 Å².